The van der Waals surface area contributed by atoms with E-state index in [-0.39, 0.29) is 21.2 Å². The van der Waals surface area contributed by atoms with Crippen LogP contribution in [0.25, 0.3) is 0 Å². The fraction of sp³-hybridized carbons (Fsp3) is 0.333. The molecule has 0 aliphatic carbocycles. The standard InChI is InChI=1S/C36H40F3N3O6S2/c1-3-4-21-42(50(46,47)27-17-15-26(40)16-18-27)29(23-43)32-20-19-31(49-32)28(36(37,38)39)22-30(44)34(41-35(45)48-2)33(24-11-7-5-8-12-24)25-13-9-6-10-14-25/h5-20,28-29,33-34,43H,3-4,21-23,40H2,1-2H3,(H,41,45)/t28-,29-,34-/m1/s1. The van der Waals surface area contributed by atoms with E-state index in [1.807, 2.05) is 6.92 Å². The Hall–Kier alpha value is -4.24. The number of anilines is 1. The van der Waals surface area contributed by atoms with Gasteiger partial charge in [0.05, 0.1) is 30.6 Å². The maximum absolute atomic E-state index is 14.8. The van der Waals surface area contributed by atoms with Gasteiger partial charge in [0.2, 0.25) is 10.0 Å². The summed E-state index contributed by atoms with van der Waals surface area (Å²) in [5, 5.41) is 13.0. The number of ketones is 1. The second kappa shape index (κ2) is 17.1. The van der Waals surface area contributed by atoms with E-state index in [0.29, 0.717) is 41.0 Å². The molecule has 0 radical (unpaired) electrons. The van der Waals surface area contributed by atoms with Crippen LogP contribution in [0.4, 0.5) is 23.7 Å². The van der Waals surface area contributed by atoms with E-state index in [9.17, 15) is 36.3 Å². The van der Waals surface area contributed by atoms with Crippen molar-refractivity contribution in [2.24, 2.45) is 0 Å². The van der Waals surface area contributed by atoms with Crippen molar-refractivity contribution >= 4 is 38.9 Å². The third-order valence-corrected chi connectivity index (χ3v) is 11.5. The molecule has 0 fully saturated rings. The van der Waals surface area contributed by atoms with Gasteiger partial charge in [-0.15, -0.1) is 11.3 Å². The summed E-state index contributed by atoms with van der Waals surface area (Å²) >= 11 is 0.679. The van der Waals surface area contributed by atoms with Crippen LogP contribution in [0.2, 0.25) is 0 Å². The topological polar surface area (TPSA) is 139 Å². The lowest BCUT2D eigenvalue weighted by molar-refractivity contribution is -0.156. The number of aliphatic hydroxyl groups excluding tert-OH is 1. The molecule has 0 aliphatic rings. The molecule has 0 saturated carbocycles. The number of methoxy groups -OCH3 is 1. The zero-order valence-electron chi connectivity index (χ0n) is 27.5. The lowest BCUT2D eigenvalue weighted by Gasteiger charge is -2.30. The predicted molar refractivity (Wildman–Crippen MR) is 186 cm³/mol. The van der Waals surface area contributed by atoms with Crippen molar-refractivity contribution in [3.8, 4) is 0 Å². The number of hydrogen-bond donors (Lipinski definition) is 3. The molecule has 50 heavy (non-hydrogen) atoms. The number of hydrogen-bond acceptors (Lipinski definition) is 8. The van der Waals surface area contributed by atoms with Gasteiger partial charge in [-0.2, -0.15) is 17.5 Å². The van der Waals surface area contributed by atoms with Gasteiger partial charge in [-0.3, -0.25) is 4.79 Å². The van der Waals surface area contributed by atoms with E-state index in [1.54, 1.807) is 60.7 Å². The minimum atomic E-state index is -4.89. The molecule has 3 aromatic carbocycles. The number of Topliss-reactive ketones (excluding diaryl/α,β-unsaturated/α-hetero) is 1. The van der Waals surface area contributed by atoms with Gasteiger partial charge < -0.3 is 20.9 Å². The van der Waals surface area contributed by atoms with Crippen LogP contribution in [0, 0.1) is 0 Å². The van der Waals surface area contributed by atoms with Crippen LogP contribution in [0.5, 0.6) is 0 Å². The number of amides is 1. The van der Waals surface area contributed by atoms with E-state index >= 15 is 0 Å². The summed E-state index contributed by atoms with van der Waals surface area (Å²) in [6.07, 6.45) is -5.85. The molecule has 3 atom stereocenters. The lowest BCUT2D eigenvalue weighted by atomic mass is 9.81. The predicted octanol–water partition coefficient (Wildman–Crippen LogP) is 7.02. The monoisotopic (exact) mass is 731 g/mol. The van der Waals surface area contributed by atoms with Crippen LogP contribution in [0.3, 0.4) is 0 Å². The SMILES string of the molecule is CCCCN([C@H](CO)c1ccc([C@@H](CC(=O)[C@@H](NC(=O)OC)C(c2ccccc2)c2ccccc2)C(F)(F)F)s1)S(=O)(=O)c1ccc(N)cc1. The van der Waals surface area contributed by atoms with Crippen LogP contribution < -0.4 is 11.1 Å². The summed E-state index contributed by atoms with van der Waals surface area (Å²) in [7, 11) is -3.10. The molecule has 4 N–H and O–H groups in total. The van der Waals surface area contributed by atoms with Crippen LogP contribution in [0.1, 0.15) is 64.9 Å². The molecule has 1 heterocycles. The first-order chi connectivity index (χ1) is 23.8. The average molecular weight is 732 g/mol. The number of halogens is 3. The van der Waals surface area contributed by atoms with E-state index < -0.39 is 65.0 Å². The number of alkyl halides is 3. The number of nitrogen functional groups attached to an aromatic ring is 1. The number of alkyl carbamates (subject to hydrolysis) is 1. The molecule has 9 nitrogen and oxygen atoms in total. The second-order valence-corrected chi connectivity index (χ2v) is 14.7. The summed E-state index contributed by atoms with van der Waals surface area (Å²) in [6.45, 7) is 1.16. The van der Waals surface area contributed by atoms with Crippen molar-refractivity contribution < 1.29 is 41.0 Å². The van der Waals surface area contributed by atoms with Crippen molar-refractivity contribution in [3.05, 3.63) is 118 Å². The van der Waals surface area contributed by atoms with Crippen LogP contribution >= 0.6 is 11.3 Å². The smallest absolute Gasteiger partial charge is 0.407 e. The number of carbonyl (C=O) groups is 2. The van der Waals surface area contributed by atoms with Crippen LogP contribution in [0.15, 0.2) is 102 Å². The zero-order chi connectivity index (χ0) is 36.5. The van der Waals surface area contributed by atoms with Crippen molar-refractivity contribution in [1.29, 1.82) is 0 Å². The number of carbonyl (C=O) groups excluding carboxylic acids is 2. The van der Waals surface area contributed by atoms with Gasteiger partial charge in [0.15, 0.2) is 5.78 Å². The molecule has 0 aliphatic heterocycles. The Kier molecular flexibility index (Phi) is 13.2. The van der Waals surface area contributed by atoms with Gasteiger partial charge in [0, 0.05) is 34.3 Å². The van der Waals surface area contributed by atoms with Crippen molar-refractivity contribution in [1.82, 2.24) is 9.62 Å². The average Bonchev–Trinajstić information content (AvgIpc) is 3.58. The number of thiophene rings is 1. The normalized spacial score (nSPS) is 13.9. The fourth-order valence-corrected chi connectivity index (χ4v) is 8.67. The Labute approximate surface area is 293 Å². The Bertz CT molecular complexity index is 1760. The summed E-state index contributed by atoms with van der Waals surface area (Å²) < 4.78 is 77.9. The number of nitrogens with two attached hydrogens (primary N) is 1. The molecule has 1 amide bonds. The number of unbranched alkanes of at least 4 members (excludes halogenated alkanes) is 1. The summed E-state index contributed by atoms with van der Waals surface area (Å²) in [6, 6.07) is 22.8. The number of nitrogens with zero attached hydrogens (tertiary/aromatic N) is 1. The first-order valence-electron chi connectivity index (χ1n) is 15.9. The first kappa shape index (κ1) is 38.6. The molecular weight excluding hydrogens is 692 g/mol. The highest BCUT2D eigenvalue weighted by atomic mass is 32.2. The number of sulfonamides is 1. The molecule has 4 aromatic rings. The molecule has 0 bridgehead atoms. The molecule has 1 aromatic heterocycles. The number of benzene rings is 3. The van der Waals surface area contributed by atoms with Crippen LogP contribution in [-0.2, 0) is 19.6 Å². The van der Waals surface area contributed by atoms with E-state index in [4.69, 9.17) is 10.5 Å². The minimum absolute atomic E-state index is 0.00406. The van der Waals surface area contributed by atoms with E-state index in [1.165, 1.54) is 36.4 Å². The number of ether oxygens (including phenoxy) is 1. The van der Waals surface area contributed by atoms with E-state index in [2.05, 4.69) is 5.32 Å². The molecule has 268 valence electrons. The molecule has 14 heteroatoms. The summed E-state index contributed by atoms with van der Waals surface area (Å²) in [5.41, 5.74) is 7.27. The largest absolute Gasteiger partial charge is 0.453 e. The number of rotatable bonds is 16. The van der Waals surface area contributed by atoms with Gasteiger partial charge in [0.25, 0.3) is 0 Å². The Morgan fingerprint density at radius 1 is 0.920 bits per heavy atom. The minimum Gasteiger partial charge on any atom is -0.453 e. The lowest BCUT2D eigenvalue weighted by Crippen LogP contribution is -2.46. The maximum Gasteiger partial charge on any atom is 0.407 e. The Morgan fingerprint density at radius 3 is 1.98 bits per heavy atom. The first-order valence-corrected chi connectivity index (χ1v) is 18.2. The Morgan fingerprint density at radius 2 is 1.48 bits per heavy atom. The molecule has 0 unspecified atom stereocenters. The van der Waals surface area contributed by atoms with Gasteiger partial charge >= 0.3 is 12.3 Å². The zero-order valence-corrected chi connectivity index (χ0v) is 29.2. The quantitative estimate of drug-likeness (QED) is 0.105. The molecule has 4 rings (SSSR count). The van der Waals surface area contributed by atoms with Crippen molar-refractivity contribution in [3.63, 3.8) is 0 Å². The molecule has 0 spiro atoms. The van der Waals surface area contributed by atoms with Gasteiger partial charge in [-0.25, -0.2) is 13.2 Å². The van der Waals surface area contributed by atoms with E-state index in [0.717, 1.165) is 11.4 Å². The highest BCUT2D eigenvalue weighted by Gasteiger charge is 2.45. The van der Waals surface area contributed by atoms with Crippen LogP contribution in [-0.4, -0.2) is 62.2 Å². The van der Waals surface area contributed by atoms with Gasteiger partial charge in [-0.1, -0.05) is 74.0 Å². The fourth-order valence-electron chi connectivity index (χ4n) is 5.73. The highest BCUT2D eigenvalue weighted by molar-refractivity contribution is 7.89. The highest BCUT2D eigenvalue weighted by Crippen LogP contribution is 2.44. The van der Waals surface area contributed by atoms with Gasteiger partial charge in [-0.05, 0) is 53.9 Å². The summed E-state index contributed by atoms with van der Waals surface area (Å²) in [5.74, 6) is -4.03. The summed E-state index contributed by atoms with van der Waals surface area (Å²) in [4.78, 5) is 26.4. The number of nitrogens with one attached hydrogen (secondary N) is 1. The third-order valence-electron chi connectivity index (χ3n) is 8.32. The molecular formula is C36H40F3N3O6S2. The maximum atomic E-state index is 14.8. The molecule has 0 saturated heterocycles. The van der Waals surface area contributed by atoms with Crippen molar-refractivity contribution in [2.45, 2.75) is 61.2 Å². The second-order valence-electron chi connectivity index (χ2n) is 11.7. The number of aliphatic hydroxyl groups is 1. The third kappa shape index (κ3) is 9.30. The van der Waals surface area contributed by atoms with Crippen molar-refractivity contribution in [2.75, 3.05) is 26.0 Å². The van der Waals surface area contributed by atoms with Gasteiger partial charge in [0.1, 0.15) is 6.04 Å². The Balaban J connectivity index is 1.72.